The molecule has 174 valence electrons. The van der Waals surface area contributed by atoms with E-state index in [4.69, 9.17) is 21.3 Å². The van der Waals surface area contributed by atoms with Gasteiger partial charge in [0.05, 0.1) is 17.8 Å². The largest absolute Gasteiger partial charge is 0.506 e. The van der Waals surface area contributed by atoms with Crippen LogP contribution in [-0.2, 0) is 19.4 Å². The van der Waals surface area contributed by atoms with Gasteiger partial charge in [0.15, 0.2) is 0 Å². The maximum Gasteiger partial charge on any atom is 0.134 e. The molecule has 7 heteroatoms. The third-order valence-corrected chi connectivity index (χ3v) is 6.45. The molecule has 1 aromatic heterocycles. The number of aromatic hydroxyl groups is 1. The molecule has 0 aliphatic carbocycles. The lowest BCUT2D eigenvalue weighted by molar-refractivity contribution is 0.165. The van der Waals surface area contributed by atoms with E-state index in [0.29, 0.717) is 11.1 Å². The van der Waals surface area contributed by atoms with Gasteiger partial charge in [0.1, 0.15) is 17.3 Å². The molecule has 4 rings (SSSR count). The third-order valence-electron chi connectivity index (χ3n) is 6.15. The average molecular weight is 467 g/mol. The number of nitrogens with zero attached hydrogens (tertiary/aromatic N) is 3. The van der Waals surface area contributed by atoms with E-state index in [0.717, 1.165) is 73.8 Å². The summed E-state index contributed by atoms with van der Waals surface area (Å²) < 4.78 is 5.65. The zero-order valence-electron chi connectivity index (χ0n) is 19.2. The van der Waals surface area contributed by atoms with Gasteiger partial charge >= 0.3 is 0 Å². The molecule has 0 amide bonds. The number of ether oxygens (including phenoxy) is 1. The molecule has 2 aromatic carbocycles. The first kappa shape index (κ1) is 23.5. The minimum Gasteiger partial charge on any atom is -0.506 e. The number of benzene rings is 2. The molecule has 1 atom stereocenters. The van der Waals surface area contributed by atoms with Crippen molar-refractivity contribution in [3.8, 4) is 22.8 Å². The van der Waals surface area contributed by atoms with Crippen molar-refractivity contribution >= 4 is 11.6 Å². The molecule has 1 aliphatic rings. The van der Waals surface area contributed by atoms with Crippen LogP contribution in [0.2, 0.25) is 5.02 Å². The number of rotatable bonds is 8. The summed E-state index contributed by atoms with van der Waals surface area (Å²) in [7, 11) is 1.70. The molecule has 3 aromatic rings. The van der Waals surface area contributed by atoms with Gasteiger partial charge in [-0.2, -0.15) is 0 Å². The fourth-order valence-corrected chi connectivity index (χ4v) is 4.44. The Labute approximate surface area is 200 Å². The van der Waals surface area contributed by atoms with E-state index in [9.17, 15) is 5.11 Å². The van der Waals surface area contributed by atoms with E-state index in [1.54, 1.807) is 13.2 Å². The second-order valence-electron chi connectivity index (χ2n) is 8.56. The number of methoxy groups -OCH3 is 1. The molecule has 0 bridgehead atoms. The van der Waals surface area contributed by atoms with Gasteiger partial charge in [-0.15, -0.1) is 0 Å². The van der Waals surface area contributed by atoms with Gasteiger partial charge in [0.25, 0.3) is 0 Å². The standard InChI is InChI=1S/C26H31ClN4O2/c1-18-16-28-12-13-31(18)17-20-7-9-25(33-2)21(14-20)23-10-11-29-26(30-23)5-3-4-19-6-8-24(32)22(27)15-19/h6-11,14-15,18,28,32H,3-5,12-13,16-17H2,1-2H3/t18-/m0/s1. The van der Waals surface area contributed by atoms with Crippen molar-refractivity contribution in [2.45, 2.75) is 38.8 Å². The molecule has 1 aliphatic heterocycles. The number of hydrogen-bond donors (Lipinski definition) is 2. The Balaban J connectivity index is 1.47. The number of piperazine rings is 1. The maximum atomic E-state index is 9.59. The molecular weight excluding hydrogens is 436 g/mol. The Kier molecular flexibility index (Phi) is 7.81. The highest BCUT2D eigenvalue weighted by Gasteiger charge is 2.19. The van der Waals surface area contributed by atoms with Gasteiger partial charge in [0, 0.05) is 50.4 Å². The van der Waals surface area contributed by atoms with Crippen molar-refractivity contribution in [2.24, 2.45) is 0 Å². The van der Waals surface area contributed by atoms with Gasteiger partial charge in [0.2, 0.25) is 0 Å². The SMILES string of the molecule is COc1ccc(CN2CCNC[C@@H]2C)cc1-c1ccnc(CCCc2ccc(O)c(Cl)c2)n1. The van der Waals surface area contributed by atoms with Crippen molar-refractivity contribution in [3.63, 3.8) is 0 Å². The zero-order chi connectivity index (χ0) is 23.2. The Hall–Kier alpha value is -2.67. The molecule has 2 N–H and O–H groups in total. The molecule has 2 heterocycles. The number of halogens is 1. The predicted molar refractivity (Wildman–Crippen MR) is 132 cm³/mol. The number of aryl methyl sites for hydroxylation is 2. The maximum absolute atomic E-state index is 9.59. The Morgan fingerprint density at radius 3 is 2.79 bits per heavy atom. The Morgan fingerprint density at radius 1 is 1.15 bits per heavy atom. The van der Waals surface area contributed by atoms with Crippen LogP contribution < -0.4 is 10.1 Å². The van der Waals surface area contributed by atoms with Gasteiger partial charge in [-0.3, -0.25) is 4.90 Å². The van der Waals surface area contributed by atoms with E-state index >= 15 is 0 Å². The van der Waals surface area contributed by atoms with Crippen LogP contribution in [0.4, 0.5) is 0 Å². The summed E-state index contributed by atoms with van der Waals surface area (Å²) in [4.78, 5) is 11.8. The highest BCUT2D eigenvalue weighted by atomic mass is 35.5. The Morgan fingerprint density at radius 2 is 2.00 bits per heavy atom. The summed E-state index contributed by atoms with van der Waals surface area (Å²) in [5.74, 6) is 1.73. The van der Waals surface area contributed by atoms with Crippen LogP contribution in [0.25, 0.3) is 11.3 Å². The van der Waals surface area contributed by atoms with E-state index < -0.39 is 0 Å². The van der Waals surface area contributed by atoms with E-state index in [2.05, 4.69) is 34.3 Å². The van der Waals surface area contributed by atoms with Crippen molar-refractivity contribution in [3.05, 3.63) is 70.6 Å². The van der Waals surface area contributed by atoms with Crippen molar-refractivity contribution < 1.29 is 9.84 Å². The third kappa shape index (κ3) is 6.02. The summed E-state index contributed by atoms with van der Waals surface area (Å²) in [6, 6.07) is 14.2. The summed E-state index contributed by atoms with van der Waals surface area (Å²) in [5, 5.41) is 13.4. The summed E-state index contributed by atoms with van der Waals surface area (Å²) >= 11 is 6.02. The first-order chi connectivity index (χ1) is 16.0. The smallest absolute Gasteiger partial charge is 0.134 e. The van der Waals surface area contributed by atoms with Crippen LogP contribution in [0.15, 0.2) is 48.7 Å². The lowest BCUT2D eigenvalue weighted by atomic mass is 10.0. The van der Waals surface area contributed by atoms with Gasteiger partial charge < -0.3 is 15.2 Å². The summed E-state index contributed by atoms with van der Waals surface area (Å²) in [6.45, 7) is 6.27. The molecule has 0 radical (unpaired) electrons. The fraction of sp³-hybridized carbons (Fsp3) is 0.385. The highest BCUT2D eigenvalue weighted by molar-refractivity contribution is 6.32. The van der Waals surface area contributed by atoms with E-state index in [-0.39, 0.29) is 5.75 Å². The second-order valence-corrected chi connectivity index (χ2v) is 8.96. The lowest BCUT2D eigenvalue weighted by Gasteiger charge is -2.34. The molecule has 33 heavy (non-hydrogen) atoms. The van der Waals surface area contributed by atoms with Crippen LogP contribution in [-0.4, -0.2) is 52.8 Å². The summed E-state index contributed by atoms with van der Waals surface area (Å²) in [5.41, 5.74) is 4.21. The minimum atomic E-state index is 0.110. The Bertz CT molecular complexity index is 1090. The summed E-state index contributed by atoms with van der Waals surface area (Å²) in [6.07, 6.45) is 4.31. The van der Waals surface area contributed by atoms with Crippen LogP contribution in [0.5, 0.6) is 11.5 Å². The number of phenols is 1. The van der Waals surface area contributed by atoms with Crippen LogP contribution in [0, 0.1) is 0 Å². The first-order valence-electron chi connectivity index (χ1n) is 11.4. The number of nitrogens with one attached hydrogen (secondary N) is 1. The lowest BCUT2D eigenvalue weighted by Crippen LogP contribution is -2.49. The van der Waals surface area contributed by atoms with Crippen molar-refractivity contribution in [2.75, 3.05) is 26.7 Å². The first-order valence-corrected chi connectivity index (χ1v) is 11.8. The molecular formula is C26H31ClN4O2. The van der Waals surface area contributed by atoms with Gasteiger partial charge in [-0.25, -0.2) is 9.97 Å². The van der Waals surface area contributed by atoms with Crippen molar-refractivity contribution in [1.29, 1.82) is 0 Å². The molecule has 1 fully saturated rings. The van der Waals surface area contributed by atoms with Gasteiger partial charge in [-0.05, 0) is 61.2 Å². The quantitative estimate of drug-likeness (QED) is 0.510. The molecule has 0 spiro atoms. The van der Waals surface area contributed by atoms with E-state index in [1.165, 1.54) is 5.56 Å². The van der Waals surface area contributed by atoms with E-state index in [1.807, 2.05) is 30.5 Å². The molecule has 0 saturated carbocycles. The molecule has 6 nitrogen and oxygen atoms in total. The van der Waals surface area contributed by atoms with Crippen LogP contribution >= 0.6 is 11.6 Å². The molecule has 0 unspecified atom stereocenters. The van der Waals surface area contributed by atoms with Crippen LogP contribution in [0.1, 0.15) is 30.3 Å². The monoisotopic (exact) mass is 466 g/mol. The predicted octanol–water partition coefficient (Wildman–Crippen LogP) is 4.48. The topological polar surface area (TPSA) is 70.5 Å². The second kappa shape index (κ2) is 11.0. The molecule has 1 saturated heterocycles. The number of hydrogen-bond acceptors (Lipinski definition) is 6. The average Bonchev–Trinajstić information content (AvgIpc) is 2.83. The normalized spacial score (nSPS) is 16.6. The number of phenolic OH excluding ortho intramolecular Hbond substituents is 1. The van der Waals surface area contributed by atoms with Crippen molar-refractivity contribution in [1.82, 2.24) is 20.2 Å². The zero-order valence-corrected chi connectivity index (χ0v) is 20.0. The van der Waals surface area contributed by atoms with Crippen LogP contribution in [0.3, 0.4) is 0 Å². The van der Waals surface area contributed by atoms with Gasteiger partial charge in [-0.1, -0.05) is 23.7 Å². The minimum absolute atomic E-state index is 0.110. The number of aromatic nitrogens is 2. The fourth-order valence-electron chi connectivity index (χ4n) is 4.23. The highest BCUT2D eigenvalue weighted by Crippen LogP contribution is 2.30.